The Hall–Kier alpha value is -0.790. The van der Waals surface area contributed by atoms with E-state index in [0.717, 1.165) is 0 Å². The third-order valence-corrected chi connectivity index (χ3v) is 2.43. The van der Waals surface area contributed by atoms with Crippen molar-refractivity contribution >= 4 is 0 Å². The molecule has 10 heavy (non-hydrogen) atoms. The van der Waals surface area contributed by atoms with Crippen molar-refractivity contribution in [2.45, 2.75) is 32.1 Å². The summed E-state index contributed by atoms with van der Waals surface area (Å²) >= 11 is 0. The first-order valence-corrected chi connectivity index (χ1v) is 3.73. The van der Waals surface area contributed by atoms with Gasteiger partial charge >= 0.3 is 0 Å². The van der Waals surface area contributed by atoms with E-state index in [2.05, 4.69) is 24.0 Å². The fourth-order valence-corrected chi connectivity index (χ4v) is 1.39. The van der Waals surface area contributed by atoms with Gasteiger partial charge in [-0.2, -0.15) is 5.10 Å². The van der Waals surface area contributed by atoms with Crippen LogP contribution in [-0.4, -0.2) is 10.2 Å². The Bertz CT molecular complexity index is 246. The van der Waals surface area contributed by atoms with Crippen LogP contribution in [0.2, 0.25) is 0 Å². The van der Waals surface area contributed by atoms with Crippen LogP contribution in [0.5, 0.6) is 0 Å². The number of nitrogens with one attached hydrogen (secondary N) is 1. The number of aromatic amines is 1. The first kappa shape index (κ1) is 5.96. The molecule has 2 heteroatoms. The Labute approximate surface area is 60.6 Å². The van der Waals surface area contributed by atoms with E-state index in [1.54, 1.807) is 0 Å². The molecule has 1 aliphatic rings. The van der Waals surface area contributed by atoms with Crippen LogP contribution in [-0.2, 0) is 5.41 Å². The highest BCUT2D eigenvalue weighted by molar-refractivity contribution is 5.28. The molecule has 2 nitrogen and oxygen atoms in total. The molecule has 1 aromatic rings. The van der Waals surface area contributed by atoms with Crippen LogP contribution >= 0.6 is 0 Å². The van der Waals surface area contributed by atoms with E-state index in [0.29, 0.717) is 5.41 Å². The fraction of sp³-hybridized carbons (Fsp3) is 0.625. The Kier molecular flexibility index (Phi) is 0.967. The Morgan fingerprint density at radius 2 is 2.30 bits per heavy atom. The molecule has 0 unspecified atom stereocenters. The Balaban J connectivity index is 2.42. The number of H-pyrrole nitrogens is 1. The summed E-state index contributed by atoms with van der Waals surface area (Å²) in [6, 6.07) is 0. The highest BCUT2D eigenvalue weighted by atomic mass is 15.1. The van der Waals surface area contributed by atoms with E-state index in [9.17, 15) is 0 Å². The maximum Gasteiger partial charge on any atom is 0.0519 e. The van der Waals surface area contributed by atoms with Crippen molar-refractivity contribution in [3.8, 4) is 0 Å². The van der Waals surface area contributed by atoms with Crippen LogP contribution in [0.25, 0.3) is 0 Å². The Morgan fingerprint density at radius 3 is 2.70 bits per heavy atom. The van der Waals surface area contributed by atoms with Gasteiger partial charge in [-0.3, -0.25) is 5.10 Å². The van der Waals surface area contributed by atoms with Crippen molar-refractivity contribution < 1.29 is 0 Å². The maximum absolute atomic E-state index is 4.00. The van der Waals surface area contributed by atoms with E-state index in [-0.39, 0.29) is 0 Å². The minimum Gasteiger partial charge on any atom is -0.282 e. The zero-order chi connectivity index (χ0) is 7.19. The van der Waals surface area contributed by atoms with Gasteiger partial charge in [-0.1, -0.05) is 6.92 Å². The van der Waals surface area contributed by atoms with Crippen LogP contribution in [0, 0.1) is 6.92 Å². The number of hydrogen-bond acceptors (Lipinski definition) is 1. The van der Waals surface area contributed by atoms with Gasteiger partial charge in [0.1, 0.15) is 0 Å². The van der Waals surface area contributed by atoms with Gasteiger partial charge in [-0.05, 0) is 25.3 Å². The zero-order valence-corrected chi connectivity index (χ0v) is 6.44. The molecule has 0 saturated heterocycles. The first-order valence-electron chi connectivity index (χ1n) is 3.73. The van der Waals surface area contributed by atoms with Gasteiger partial charge in [-0.15, -0.1) is 0 Å². The lowest BCUT2D eigenvalue weighted by Crippen LogP contribution is -2.01. The summed E-state index contributed by atoms with van der Waals surface area (Å²) in [6.45, 7) is 4.40. The topological polar surface area (TPSA) is 28.7 Å². The molecule has 0 spiro atoms. The van der Waals surface area contributed by atoms with Gasteiger partial charge in [0.25, 0.3) is 0 Å². The predicted octanol–water partition coefficient (Wildman–Crippen LogP) is 1.77. The lowest BCUT2D eigenvalue weighted by atomic mass is 10.0. The van der Waals surface area contributed by atoms with Gasteiger partial charge in [0.15, 0.2) is 0 Å². The average Bonchev–Trinajstić information content (AvgIpc) is 2.44. The average molecular weight is 136 g/mol. The molecule has 0 atom stereocenters. The van der Waals surface area contributed by atoms with Gasteiger partial charge in [-0.25, -0.2) is 0 Å². The molecule has 1 N–H and O–H groups in total. The van der Waals surface area contributed by atoms with Crippen LogP contribution < -0.4 is 0 Å². The monoisotopic (exact) mass is 136 g/mol. The largest absolute Gasteiger partial charge is 0.282 e. The quantitative estimate of drug-likeness (QED) is 0.626. The number of aryl methyl sites for hydroxylation is 1. The summed E-state index contributed by atoms with van der Waals surface area (Å²) in [5, 5.41) is 7.06. The van der Waals surface area contributed by atoms with Crippen molar-refractivity contribution in [1.29, 1.82) is 0 Å². The molecule has 0 amide bonds. The molecule has 2 rings (SSSR count). The van der Waals surface area contributed by atoms with Gasteiger partial charge < -0.3 is 0 Å². The highest BCUT2D eigenvalue weighted by Crippen LogP contribution is 2.47. The second-order valence-corrected chi connectivity index (χ2v) is 3.49. The number of hydrogen-bond donors (Lipinski definition) is 1. The SMILES string of the molecule is Cc1cn[nH]c1C1(C)CC1. The number of aromatic nitrogens is 2. The third-order valence-electron chi connectivity index (χ3n) is 2.43. The van der Waals surface area contributed by atoms with Crippen molar-refractivity contribution in [2.24, 2.45) is 0 Å². The zero-order valence-electron chi connectivity index (χ0n) is 6.44. The molecule has 1 heterocycles. The molecule has 0 aromatic carbocycles. The summed E-state index contributed by atoms with van der Waals surface area (Å²) in [4.78, 5) is 0. The second-order valence-electron chi connectivity index (χ2n) is 3.49. The van der Waals surface area contributed by atoms with Gasteiger partial charge in [0, 0.05) is 11.1 Å². The van der Waals surface area contributed by atoms with Crippen molar-refractivity contribution in [3.63, 3.8) is 0 Å². The molecule has 0 aliphatic heterocycles. The molecule has 54 valence electrons. The first-order chi connectivity index (χ1) is 4.72. The summed E-state index contributed by atoms with van der Waals surface area (Å²) in [7, 11) is 0. The van der Waals surface area contributed by atoms with E-state index < -0.39 is 0 Å². The van der Waals surface area contributed by atoms with Crippen molar-refractivity contribution in [3.05, 3.63) is 17.5 Å². The molecule has 1 saturated carbocycles. The fourth-order valence-electron chi connectivity index (χ4n) is 1.39. The van der Waals surface area contributed by atoms with Gasteiger partial charge in [0.2, 0.25) is 0 Å². The summed E-state index contributed by atoms with van der Waals surface area (Å²) in [6.07, 6.45) is 4.53. The molecule has 0 bridgehead atoms. The predicted molar refractivity (Wildman–Crippen MR) is 39.9 cm³/mol. The standard InChI is InChI=1S/C8H12N2/c1-6-5-9-10-7(6)8(2)3-4-8/h5H,3-4H2,1-2H3,(H,9,10). The van der Waals surface area contributed by atoms with E-state index in [1.807, 2.05) is 6.20 Å². The minimum absolute atomic E-state index is 0.445. The smallest absolute Gasteiger partial charge is 0.0519 e. The molecule has 1 aromatic heterocycles. The molecular weight excluding hydrogens is 124 g/mol. The summed E-state index contributed by atoms with van der Waals surface area (Å²) in [5.74, 6) is 0. The van der Waals surface area contributed by atoms with Crippen LogP contribution in [0.4, 0.5) is 0 Å². The van der Waals surface area contributed by atoms with E-state index in [4.69, 9.17) is 0 Å². The van der Waals surface area contributed by atoms with Crippen LogP contribution in [0.1, 0.15) is 31.0 Å². The summed E-state index contributed by atoms with van der Waals surface area (Å²) in [5.41, 5.74) is 3.09. The lowest BCUT2D eigenvalue weighted by molar-refractivity contribution is 0.736. The lowest BCUT2D eigenvalue weighted by Gasteiger charge is -2.04. The number of nitrogens with zero attached hydrogens (tertiary/aromatic N) is 1. The van der Waals surface area contributed by atoms with Crippen molar-refractivity contribution in [1.82, 2.24) is 10.2 Å². The van der Waals surface area contributed by atoms with Crippen molar-refractivity contribution in [2.75, 3.05) is 0 Å². The minimum atomic E-state index is 0.445. The maximum atomic E-state index is 4.00. The number of rotatable bonds is 1. The highest BCUT2D eigenvalue weighted by Gasteiger charge is 2.41. The van der Waals surface area contributed by atoms with E-state index in [1.165, 1.54) is 24.1 Å². The van der Waals surface area contributed by atoms with Crippen LogP contribution in [0.15, 0.2) is 6.20 Å². The van der Waals surface area contributed by atoms with Gasteiger partial charge in [0.05, 0.1) is 6.20 Å². The molecule has 1 aliphatic carbocycles. The Morgan fingerprint density at radius 1 is 1.60 bits per heavy atom. The third kappa shape index (κ3) is 0.681. The second kappa shape index (κ2) is 1.62. The molecule has 1 fully saturated rings. The normalized spacial score (nSPS) is 21.0. The van der Waals surface area contributed by atoms with Crippen LogP contribution in [0.3, 0.4) is 0 Å². The van der Waals surface area contributed by atoms with E-state index >= 15 is 0 Å². The molecular formula is C8H12N2. The summed E-state index contributed by atoms with van der Waals surface area (Å²) < 4.78 is 0. The molecule has 0 radical (unpaired) electrons.